The van der Waals surface area contributed by atoms with Gasteiger partial charge in [-0.3, -0.25) is 4.79 Å². The summed E-state index contributed by atoms with van der Waals surface area (Å²) in [7, 11) is 0. The predicted molar refractivity (Wildman–Crippen MR) is 88.3 cm³/mol. The highest BCUT2D eigenvalue weighted by Crippen LogP contribution is 2.16. The Hall–Kier alpha value is -3.22. The van der Waals surface area contributed by atoms with Gasteiger partial charge in [0.1, 0.15) is 11.6 Å². The summed E-state index contributed by atoms with van der Waals surface area (Å²) in [6, 6.07) is 14.9. The van der Waals surface area contributed by atoms with Crippen LogP contribution < -0.4 is 10.1 Å². The van der Waals surface area contributed by atoms with Crippen LogP contribution in [0.4, 0.5) is 4.39 Å². The first-order chi connectivity index (χ1) is 12.2. The molecule has 0 aliphatic carbocycles. The maximum Gasteiger partial charge on any atom is 0.257 e. The molecule has 6 nitrogen and oxygen atoms in total. The number of halogens is 1. The smallest absolute Gasteiger partial charge is 0.257 e. The minimum Gasteiger partial charge on any atom is -0.484 e. The van der Waals surface area contributed by atoms with Crippen molar-refractivity contribution in [3.05, 3.63) is 66.3 Å². The van der Waals surface area contributed by atoms with Crippen LogP contribution in [0, 0.1) is 5.82 Å². The fourth-order valence-corrected chi connectivity index (χ4v) is 2.10. The second-order valence-electron chi connectivity index (χ2n) is 5.22. The number of ether oxygens (including phenoxy) is 1. The van der Waals surface area contributed by atoms with Gasteiger partial charge in [0, 0.05) is 18.5 Å². The molecule has 0 bridgehead atoms. The molecule has 128 valence electrons. The molecule has 0 aliphatic rings. The van der Waals surface area contributed by atoms with Gasteiger partial charge in [0.15, 0.2) is 6.61 Å². The maximum atomic E-state index is 12.9. The summed E-state index contributed by atoms with van der Waals surface area (Å²) in [5.41, 5.74) is 0.664. The average Bonchev–Trinajstić information content (AvgIpc) is 3.10. The molecule has 1 heterocycles. The molecule has 1 aromatic heterocycles. The van der Waals surface area contributed by atoms with Crippen molar-refractivity contribution in [2.24, 2.45) is 0 Å². The van der Waals surface area contributed by atoms with E-state index in [-0.39, 0.29) is 18.3 Å². The minimum atomic E-state index is -0.326. The average molecular weight is 341 g/mol. The van der Waals surface area contributed by atoms with Crippen molar-refractivity contribution in [2.45, 2.75) is 6.42 Å². The van der Waals surface area contributed by atoms with Crippen molar-refractivity contribution < 1.29 is 18.4 Å². The molecule has 1 N–H and O–H groups in total. The Kier molecular flexibility index (Phi) is 5.36. The van der Waals surface area contributed by atoms with E-state index in [0.29, 0.717) is 36.0 Å². The summed E-state index contributed by atoms with van der Waals surface area (Å²) < 4.78 is 23.4. The van der Waals surface area contributed by atoms with Gasteiger partial charge in [0.05, 0.1) is 0 Å². The lowest BCUT2D eigenvalue weighted by Gasteiger charge is -2.06. The highest BCUT2D eigenvalue weighted by Gasteiger charge is 2.09. The van der Waals surface area contributed by atoms with E-state index in [9.17, 15) is 9.18 Å². The van der Waals surface area contributed by atoms with Crippen LogP contribution in [-0.2, 0) is 11.2 Å². The number of aromatic nitrogens is 2. The van der Waals surface area contributed by atoms with Crippen molar-refractivity contribution in [3.8, 4) is 17.1 Å². The van der Waals surface area contributed by atoms with Gasteiger partial charge in [0.2, 0.25) is 11.7 Å². The first kappa shape index (κ1) is 16.6. The van der Waals surface area contributed by atoms with E-state index in [1.165, 1.54) is 12.1 Å². The Balaban J connectivity index is 1.43. The zero-order valence-corrected chi connectivity index (χ0v) is 13.3. The largest absolute Gasteiger partial charge is 0.484 e. The van der Waals surface area contributed by atoms with Crippen LogP contribution in [0.25, 0.3) is 11.4 Å². The number of carbonyl (C=O) groups is 1. The maximum absolute atomic E-state index is 12.9. The number of amides is 1. The highest BCUT2D eigenvalue weighted by atomic mass is 19.1. The topological polar surface area (TPSA) is 77.2 Å². The first-order valence-electron chi connectivity index (χ1n) is 7.74. The van der Waals surface area contributed by atoms with Crippen LogP contribution in [-0.4, -0.2) is 29.2 Å². The van der Waals surface area contributed by atoms with Crippen LogP contribution in [0.2, 0.25) is 0 Å². The molecule has 0 spiro atoms. The van der Waals surface area contributed by atoms with Crippen molar-refractivity contribution in [2.75, 3.05) is 13.2 Å². The predicted octanol–water partition coefficient (Wildman–Crippen LogP) is 2.61. The summed E-state index contributed by atoms with van der Waals surface area (Å²) >= 11 is 0. The van der Waals surface area contributed by atoms with Crippen LogP contribution in [0.15, 0.2) is 59.1 Å². The fraction of sp³-hybridized carbons (Fsp3) is 0.167. The summed E-state index contributed by atoms with van der Waals surface area (Å²) in [5.74, 6) is 0.853. The zero-order valence-electron chi connectivity index (χ0n) is 13.3. The lowest BCUT2D eigenvalue weighted by molar-refractivity contribution is -0.123. The van der Waals surface area contributed by atoms with Gasteiger partial charge in [-0.2, -0.15) is 4.98 Å². The quantitative estimate of drug-likeness (QED) is 0.715. The van der Waals surface area contributed by atoms with E-state index >= 15 is 0 Å². The van der Waals surface area contributed by atoms with Gasteiger partial charge in [-0.15, -0.1) is 0 Å². The number of benzene rings is 2. The Morgan fingerprint density at radius 1 is 1.12 bits per heavy atom. The van der Waals surface area contributed by atoms with Gasteiger partial charge < -0.3 is 14.6 Å². The van der Waals surface area contributed by atoms with E-state index in [1.54, 1.807) is 24.3 Å². The van der Waals surface area contributed by atoms with E-state index < -0.39 is 0 Å². The van der Waals surface area contributed by atoms with Gasteiger partial charge in [-0.05, 0) is 36.4 Å². The van der Waals surface area contributed by atoms with Gasteiger partial charge in [-0.1, -0.05) is 23.4 Å². The lowest BCUT2D eigenvalue weighted by atomic mass is 10.2. The standard InChI is InChI=1S/C18H16FN3O3/c19-14-8-6-13(7-9-14)18-21-17(25-22-18)10-11-20-16(23)12-24-15-4-2-1-3-5-15/h1-9H,10-12H2,(H,20,23). The number of nitrogens with zero attached hydrogens (tertiary/aromatic N) is 2. The van der Waals surface area contributed by atoms with E-state index in [0.717, 1.165) is 0 Å². The number of para-hydroxylation sites is 1. The summed E-state index contributed by atoms with van der Waals surface area (Å²) in [4.78, 5) is 15.9. The summed E-state index contributed by atoms with van der Waals surface area (Å²) in [6.45, 7) is 0.288. The van der Waals surface area contributed by atoms with Crippen LogP contribution in [0.1, 0.15) is 5.89 Å². The summed E-state index contributed by atoms with van der Waals surface area (Å²) in [6.07, 6.45) is 0.394. The van der Waals surface area contributed by atoms with Crippen LogP contribution >= 0.6 is 0 Å². The van der Waals surface area contributed by atoms with Crippen molar-refractivity contribution in [3.63, 3.8) is 0 Å². The number of hydrogen-bond acceptors (Lipinski definition) is 5. The molecule has 0 unspecified atom stereocenters. The normalized spacial score (nSPS) is 10.4. The Bertz CT molecular complexity index is 819. The molecular formula is C18H16FN3O3. The number of rotatable bonds is 7. The molecule has 0 aliphatic heterocycles. The molecule has 2 aromatic carbocycles. The molecule has 0 atom stereocenters. The van der Waals surface area contributed by atoms with Crippen LogP contribution in [0.5, 0.6) is 5.75 Å². The van der Waals surface area contributed by atoms with Gasteiger partial charge >= 0.3 is 0 Å². The first-order valence-corrected chi connectivity index (χ1v) is 7.74. The zero-order chi connectivity index (χ0) is 17.5. The van der Waals surface area contributed by atoms with Crippen LogP contribution in [0.3, 0.4) is 0 Å². The Morgan fingerprint density at radius 2 is 1.88 bits per heavy atom. The van der Waals surface area contributed by atoms with Gasteiger partial charge in [0.25, 0.3) is 5.91 Å². The van der Waals surface area contributed by atoms with Gasteiger partial charge in [-0.25, -0.2) is 4.39 Å². The second-order valence-corrected chi connectivity index (χ2v) is 5.22. The van der Waals surface area contributed by atoms with Crippen molar-refractivity contribution >= 4 is 5.91 Å². The molecule has 0 fully saturated rings. The number of hydrogen-bond donors (Lipinski definition) is 1. The highest BCUT2D eigenvalue weighted by molar-refractivity contribution is 5.77. The Morgan fingerprint density at radius 3 is 2.64 bits per heavy atom. The molecule has 3 aromatic rings. The fourth-order valence-electron chi connectivity index (χ4n) is 2.10. The van der Waals surface area contributed by atoms with E-state index in [4.69, 9.17) is 9.26 Å². The molecule has 0 saturated carbocycles. The number of carbonyl (C=O) groups excluding carboxylic acids is 1. The molecule has 25 heavy (non-hydrogen) atoms. The molecule has 7 heteroatoms. The number of nitrogens with one attached hydrogen (secondary N) is 1. The van der Waals surface area contributed by atoms with E-state index in [2.05, 4.69) is 15.5 Å². The monoisotopic (exact) mass is 341 g/mol. The third-order valence-electron chi connectivity index (χ3n) is 3.34. The second kappa shape index (κ2) is 8.05. The minimum absolute atomic E-state index is 0.0608. The molecule has 0 saturated heterocycles. The Labute approximate surface area is 143 Å². The molecule has 1 amide bonds. The third kappa shape index (κ3) is 4.87. The van der Waals surface area contributed by atoms with Crippen molar-refractivity contribution in [1.29, 1.82) is 0 Å². The van der Waals surface area contributed by atoms with E-state index in [1.807, 2.05) is 18.2 Å². The lowest BCUT2D eigenvalue weighted by Crippen LogP contribution is -2.30. The summed E-state index contributed by atoms with van der Waals surface area (Å²) in [5, 5.41) is 6.56. The third-order valence-corrected chi connectivity index (χ3v) is 3.34. The molecule has 3 rings (SSSR count). The SMILES string of the molecule is O=C(COc1ccccc1)NCCc1nc(-c2ccc(F)cc2)no1. The molecule has 0 radical (unpaired) electrons. The van der Waals surface area contributed by atoms with Crippen molar-refractivity contribution in [1.82, 2.24) is 15.5 Å². The molecular weight excluding hydrogens is 325 g/mol.